The van der Waals surface area contributed by atoms with E-state index >= 15 is 0 Å². The van der Waals surface area contributed by atoms with Gasteiger partial charge in [-0.15, -0.1) is 0 Å². The molecule has 1 aromatic heterocycles. The first kappa shape index (κ1) is 25.9. The van der Waals surface area contributed by atoms with Gasteiger partial charge in [0.15, 0.2) is 0 Å². The van der Waals surface area contributed by atoms with Crippen LogP contribution in [0.5, 0.6) is 5.75 Å². The SMILES string of the molecule is CN(C(=O)Oc1ccc(F)cc1)C1CN(C(=O)C2CCN(c3ncccn3)CC2)CC1c1ccc(Cl)cc1. The minimum Gasteiger partial charge on any atom is -0.410 e. The maximum absolute atomic E-state index is 13.6. The lowest BCUT2D eigenvalue weighted by molar-refractivity contribution is -0.135. The Kier molecular flexibility index (Phi) is 7.74. The second-order valence-electron chi connectivity index (χ2n) is 9.71. The summed E-state index contributed by atoms with van der Waals surface area (Å²) in [4.78, 5) is 40.8. The Morgan fingerprint density at radius 1 is 1.00 bits per heavy atom. The number of piperidine rings is 1. The van der Waals surface area contributed by atoms with Crippen LogP contribution in [0.15, 0.2) is 67.0 Å². The van der Waals surface area contributed by atoms with Gasteiger partial charge in [0.05, 0.1) is 6.04 Å². The predicted molar refractivity (Wildman–Crippen MR) is 142 cm³/mol. The summed E-state index contributed by atoms with van der Waals surface area (Å²) in [6.07, 6.45) is 4.31. The van der Waals surface area contributed by atoms with E-state index in [0.29, 0.717) is 50.0 Å². The third kappa shape index (κ3) is 5.72. The molecule has 5 rings (SSSR count). The summed E-state index contributed by atoms with van der Waals surface area (Å²) < 4.78 is 18.8. The number of ether oxygens (including phenoxy) is 1. The van der Waals surface area contributed by atoms with Crippen LogP contribution in [0.2, 0.25) is 5.02 Å². The first-order valence-electron chi connectivity index (χ1n) is 12.7. The minimum atomic E-state index is -0.564. The normalized spacial score (nSPS) is 19.9. The summed E-state index contributed by atoms with van der Waals surface area (Å²) in [7, 11) is 1.67. The largest absolute Gasteiger partial charge is 0.415 e. The van der Waals surface area contributed by atoms with Crippen LogP contribution < -0.4 is 9.64 Å². The smallest absolute Gasteiger partial charge is 0.410 e. The zero-order valence-corrected chi connectivity index (χ0v) is 21.8. The predicted octanol–water partition coefficient (Wildman–Crippen LogP) is 4.61. The van der Waals surface area contributed by atoms with Gasteiger partial charge in [-0.25, -0.2) is 19.2 Å². The standard InChI is InChI=1S/C28H29ClFN5O3/c1-33(28(37)38-23-9-7-22(30)8-10-23)25-18-35(17-24(25)19-3-5-21(29)6-4-19)26(36)20-11-15-34(16-12-20)27-31-13-2-14-32-27/h2-10,13-14,20,24-25H,11-12,15-18H2,1H3. The number of rotatable bonds is 5. The molecule has 0 spiro atoms. The van der Waals surface area contributed by atoms with Crippen LogP contribution in [0, 0.1) is 11.7 Å². The van der Waals surface area contributed by atoms with Gasteiger partial charge in [-0.2, -0.15) is 0 Å². The molecule has 10 heteroatoms. The molecule has 2 aromatic carbocycles. The molecule has 0 aliphatic carbocycles. The number of hydrogen-bond donors (Lipinski definition) is 0. The van der Waals surface area contributed by atoms with Gasteiger partial charge in [-0.05, 0) is 60.9 Å². The molecule has 2 saturated heterocycles. The molecule has 38 heavy (non-hydrogen) atoms. The van der Waals surface area contributed by atoms with Crippen molar-refractivity contribution in [2.45, 2.75) is 24.8 Å². The van der Waals surface area contributed by atoms with Crippen molar-refractivity contribution in [3.05, 3.63) is 83.4 Å². The maximum atomic E-state index is 13.6. The zero-order chi connectivity index (χ0) is 26.6. The van der Waals surface area contributed by atoms with Crippen LogP contribution in [0.1, 0.15) is 24.3 Å². The van der Waals surface area contributed by atoms with Gasteiger partial charge in [0.1, 0.15) is 11.6 Å². The van der Waals surface area contributed by atoms with E-state index in [1.54, 1.807) is 25.5 Å². The minimum absolute atomic E-state index is 0.0976. The molecule has 198 valence electrons. The summed E-state index contributed by atoms with van der Waals surface area (Å²) in [5.41, 5.74) is 0.993. The second kappa shape index (κ2) is 11.3. The molecule has 2 aliphatic rings. The fraction of sp³-hybridized carbons (Fsp3) is 0.357. The van der Waals surface area contributed by atoms with Crippen LogP contribution in [0.25, 0.3) is 0 Å². The lowest BCUT2D eigenvalue weighted by Gasteiger charge is -2.33. The number of carbonyl (C=O) groups is 2. The average molecular weight is 538 g/mol. The van der Waals surface area contributed by atoms with Gasteiger partial charge in [-0.1, -0.05) is 23.7 Å². The molecule has 2 aliphatic heterocycles. The van der Waals surface area contributed by atoms with Gasteiger partial charge < -0.3 is 19.4 Å². The fourth-order valence-corrected chi connectivity index (χ4v) is 5.37. The molecule has 8 nitrogen and oxygen atoms in total. The van der Waals surface area contributed by atoms with E-state index < -0.39 is 11.9 Å². The lowest BCUT2D eigenvalue weighted by atomic mass is 9.93. The number of benzene rings is 2. The van der Waals surface area contributed by atoms with Crippen LogP contribution in [0.3, 0.4) is 0 Å². The van der Waals surface area contributed by atoms with Crippen molar-refractivity contribution in [3.63, 3.8) is 0 Å². The zero-order valence-electron chi connectivity index (χ0n) is 21.0. The summed E-state index contributed by atoms with van der Waals surface area (Å²) >= 11 is 6.12. The van der Waals surface area contributed by atoms with Gasteiger partial charge in [-0.3, -0.25) is 4.79 Å². The van der Waals surface area contributed by atoms with Crippen LogP contribution >= 0.6 is 11.6 Å². The molecule has 0 N–H and O–H groups in total. The number of halogens is 2. The molecule has 2 fully saturated rings. The quantitative estimate of drug-likeness (QED) is 0.473. The van der Waals surface area contributed by atoms with E-state index in [-0.39, 0.29) is 29.5 Å². The Hall–Kier alpha value is -3.72. The van der Waals surface area contributed by atoms with Crippen molar-refractivity contribution < 1.29 is 18.7 Å². The number of likely N-dealkylation sites (tertiary alicyclic amines) is 1. The Morgan fingerprint density at radius 3 is 2.32 bits per heavy atom. The number of nitrogens with zero attached hydrogens (tertiary/aromatic N) is 5. The van der Waals surface area contributed by atoms with Crippen molar-refractivity contribution in [2.24, 2.45) is 5.92 Å². The van der Waals surface area contributed by atoms with E-state index in [2.05, 4.69) is 14.9 Å². The number of carbonyl (C=O) groups excluding carboxylic acids is 2. The topological polar surface area (TPSA) is 78.9 Å². The third-order valence-electron chi connectivity index (χ3n) is 7.38. The van der Waals surface area contributed by atoms with E-state index in [1.807, 2.05) is 29.2 Å². The van der Waals surface area contributed by atoms with Gasteiger partial charge in [0, 0.05) is 62.5 Å². The maximum Gasteiger partial charge on any atom is 0.415 e. The summed E-state index contributed by atoms with van der Waals surface area (Å²) in [5.74, 6) is 0.416. The molecule has 0 saturated carbocycles. The summed E-state index contributed by atoms with van der Waals surface area (Å²) in [6, 6.07) is 14.3. The molecule has 2 atom stereocenters. The highest BCUT2D eigenvalue weighted by Crippen LogP contribution is 2.34. The van der Waals surface area contributed by atoms with Gasteiger partial charge >= 0.3 is 6.09 Å². The van der Waals surface area contributed by atoms with Crippen molar-refractivity contribution in [1.29, 1.82) is 0 Å². The highest BCUT2D eigenvalue weighted by molar-refractivity contribution is 6.30. The number of likely N-dealkylation sites (N-methyl/N-ethyl adjacent to an activating group) is 1. The fourth-order valence-electron chi connectivity index (χ4n) is 5.25. The van der Waals surface area contributed by atoms with Gasteiger partial charge in [0.2, 0.25) is 11.9 Å². The van der Waals surface area contributed by atoms with Gasteiger partial charge in [0.25, 0.3) is 0 Å². The molecular weight excluding hydrogens is 509 g/mol. The van der Waals surface area contributed by atoms with E-state index in [4.69, 9.17) is 16.3 Å². The molecule has 2 unspecified atom stereocenters. The van der Waals surface area contributed by atoms with E-state index in [0.717, 1.165) is 5.56 Å². The number of hydrogen-bond acceptors (Lipinski definition) is 6. The highest BCUT2D eigenvalue weighted by atomic mass is 35.5. The first-order valence-corrected chi connectivity index (χ1v) is 13.0. The van der Waals surface area contributed by atoms with Crippen molar-refractivity contribution in [2.75, 3.05) is 38.1 Å². The Bertz CT molecular complexity index is 1250. The van der Waals surface area contributed by atoms with Crippen molar-refractivity contribution in [1.82, 2.24) is 19.8 Å². The Morgan fingerprint density at radius 2 is 1.66 bits per heavy atom. The Balaban J connectivity index is 1.29. The highest BCUT2D eigenvalue weighted by Gasteiger charge is 2.42. The number of anilines is 1. The molecule has 0 radical (unpaired) electrons. The van der Waals surface area contributed by atoms with Crippen molar-refractivity contribution >= 4 is 29.5 Å². The first-order chi connectivity index (χ1) is 18.4. The Labute approximate surface area is 226 Å². The summed E-state index contributed by atoms with van der Waals surface area (Å²) in [6.45, 7) is 2.30. The second-order valence-corrected chi connectivity index (χ2v) is 10.1. The van der Waals surface area contributed by atoms with Crippen LogP contribution in [0.4, 0.5) is 15.1 Å². The van der Waals surface area contributed by atoms with E-state index in [1.165, 1.54) is 29.2 Å². The molecule has 3 aromatic rings. The van der Waals surface area contributed by atoms with Crippen molar-refractivity contribution in [3.8, 4) is 5.75 Å². The molecule has 2 amide bonds. The van der Waals surface area contributed by atoms with E-state index in [9.17, 15) is 14.0 Å². The lowest BCUT2D eigenvalue weighted by Crippen LogP contribution is -2.45. The number of amides is 2. The number of aromatic nitrogens is 2. The monoisotopic (exact) mass is 537 g/mol. The van der Waals surface area contributed by atoms with Crippen LogP contribution in [-0.4, -0.2) is 71.0 Å². The average Bonchev–Trinajstić information content (AvgIpc) is 3.40. The molecule has 0 bridgehead atoms. The summed E-state index contributed by atoms with van der Waals surface area (Å²) in [5, 5.41) is 0.620. The third-order valence-corrected chi connectivity index (χ3v) is 7.63. The van der Waals surface area contributed by atoms with Crippen LogP contribution in [-0.2, 0) is 4.79 Å². The molecule has 3 heterocycles. The molecular formula is C28H29ClFN5O3.